The molecule has 1 N–H and O–H groups in total. The molecule has 1 unspecified atom stereocenters. The Labute approximate surface area is 122 Å². The number of halogens is 1. The molecule has 0 amide bonds. The Kier molecular flexibility index (Phi) is 3.45. The summed E-state index contributed by atoms with van der Waals surface area (Å²) in [6.07, 6.45) is 0. The maximum absolute atomic E-state index is 13.6. The van der Waals surface area contributed by atoms with Gasteiger partial charge in [0, 0.05) is 15.3 Å². The molecule has 0 aliphatic heterocycles. The number of rotatable bonds is 3. The molecule has 0 saturated heterocycles. The second-order valence-electron chi connectivity index (χ2n) is 5.02. The minimum absolute atomic E-state index is 0.162. The highest BCUT2D eigenvalue weighted by molar-refractivity contribution is 7.19. The van der Waals surface area contributed by atoms with Gasteiger partial charge in [0.05, 0.1) is 6.04 Å². The molecule has 3 heteroatoms. The van der Waals surface area contributed by atoms with Crippen LogP contribution in [0.2, 0.25) is 0 Å². The smallest absolute Gasteiger partial charge is 0.128 e. The lowest BCUT2D eigenvalue weighted by Gasteiger charge is -2.14. The van der Waals surface area contributed by atoms with Crippen molar-refractivity contribution in [2.24, 2.45) is 0 Å². The van der Waals surface area contributed by atoms with Gasteiger partial charge in [0.1, 0.15) is 5.82 Å². The van der Waals surface area contributed by atoms with Gasteiger partial charge in [0.25, 0.3) is 0 Å². The highest BCUT2D eigenvalue weighted by atomic mass is 32.1. The van der Waals surface area contributed by atoms with Crippen LogP contribution >= 0.6 is 11.3 Å². The summed E-state index contributed by atoms with van der Waals surface area (Å²) in [5.74, 6) is -0.168. The largest absolute Gasteiger partial charge is 0.378 e. The van der Waals surface area contributed by atoms with Crippen LogP contribution in [0, 0.1) is 12.7 Å². The first-order valence-electron chi connectivity index (χ1n) is 6.64. The fourth-order valence-corrected chi connectivity index (χ4v) is 3.29. The number of aryl methyl sites for hydroxylation is 1. The third-order valence-corrected chi connectivity index (χ3v) is 4.73. The van der Waals surface area contributed by atoms with Crippen molar-refractivity contribution in [3.63, 3.8) is 0 Å². The first-order valence-corrected chi connectivity index (χ1v) is 7.46. The van der Waals surface area contributed by atoms with E-state index in [0.717, 1.165) is 5.69 Å². The number of hydrogen-bond acceptors (Lipinski definition) is 2. The third-order valence-electron chi connectivity index (χ3n) is 3.43. The molecule has 0 bridgehead atoms. The van der Waals surface area contributed by atoms with Crippen molar-refractivity contribution in [2.45, 2.75) is 19.9 Å². The minimum atomic E-state index is -0.168. The van der Waals surface area contributed by atoms with Gasteiger partial charge in [-0.25, -0.2) is 4.39 Å². The van der Waals surface area contributed by atoms with Gasteiger partial charge in [0.15, 0.2) is 0 Å². The van der Waals surface area contributed by atoms with Crippen molar-refractivity contribution in [1.29, 1.82) is 0 Å². The van der Waals surface area contributed by atoms with E-state index < -0.39 is 0 Å². The first kappa shape index (κ1) is 13.1. The van der Waals surface area contributed by atoms with Gasteiger partial charge in [-0.15, -0.1) is 11.3 Å². The average Bonchev–Trinajstić information content (AvgIpc) is 2.87. The number of hydrogen-bond donors (Lipinski definition) is 1. The molecule has 20 heavy (non-hydrogen) atoms. The summed E-state index contributed by atoms with van der Waals surface area (Å²) in [5, 5.41) is 4.62. The molecule has 0 radical (unpaired) electrons. The molecular weight excluding hydrogens is 269 g/mol. The molecule has 3 aromatic rings. The fraction of sp³-hybridized carbons (Fsp3) is 0.176. The van der Waals surface area contributed by atoms with E-state index in [1.165, 1.54) is 15.0 Å². The van der Waals surface area contributed by atoms with Gasteiger partial charge in [0.2, 0.25) is 0 Å². The molecule has 0 saturated carbocycles. The van der Waals surface area contributed by atoms with E-state index in [2.05, 4.69) is 36.5 Å². The van der Waals surface area contributed by atoms with Gasteiger partial charge in [-0.1, -0.05) is 24.3 Å². The number of thiophene rings is 1. The predicted octanol–water partition coefficient (Wildman–Crippen LogP) is 5.52. The first-order chi connectivity index (χ1) is 9.63. The lowest BCUT2D eigenvalue weighted by Crippen LogP contribution is -2.05. The minimum Gasteiger partial charge on any atom is -0.378 e. The molecule has 1 heterocycles. The van der Waals surface area contributed by atoms with E-state index in [9.17, 15) is 4.39 Å². The summed E-state index contributed by atoms with van der Waals surface area (Å²) in [7, 11) is 0. The van der Waals surface area contributed by atoms with Gasteiger partial charge in [-0.3, -0.25) is 0 Å². The van der Waals surface area contributed by atoms with Crippen molar-refractivity contribution in [3.8, 4) is 0 Å². The van der Waals surface area contributed by atoms with Crippen molar-refractivity contribution in [2.75, 3.05) is 5.32 Å². The fourth-order valence-electron chi connectivity index (χ4n) is 2.22. The standard InChI is InChI=1S/C17H16FNS/c1-11-7-8-14(10-15(11)18)19-12(2)17-9-13-5-3-4-6-16(13)20-17/h3-10,12,19H,1-2H3. The summed E-state index contributed by atoms with van der Waals surface area (Å²) < 4.78 is 14.8. The molecule has 1 nitrogen and oxygen atoms in total. The molecule has 3 rings (SSSR count). The van der Waals surface area contributed by atoms with Crippen molar-refractivity contribution < 1.29 is 4.39 Å². The zero-order valence-corrected chi connectivity index (χ0v) is 12.3. The van der Waals surface area contributed by atoms with E-state index in [-0.39, 0.29) is 11.9 Å². The molecule has 1 atom stereocenters. The SMILES string of the molecule is Cc1ccc(NC(C)c2cc3ccccc3s2)cc1F. The van der Waals surface area contributed by atoms with E-state index in [1.807, 2.05) is 12.1 Å². The second kappa shape index (κ2) is 5.25. The topological polar surface area (TPSA) is 12.0 Å². The lowest BCUT2D eigenvalue weighted by molar-refractivity contribution is 0.618. The van der Waals surface area contributed by atoms with E-state index in [4.69, 9.17) is 0 Å². The summed E-state index contributed by atoms with van der Waals surface area (Å²) in [5.41, 5.74) is 1.49. The highest BCUT2D eigenvalue weighted by Crippen LogP contribution is 2.31. The zero-order chi connectivity index (χ0) is 14.1. The zero-order valence-electron chi connectivity index (χ0n) is 11.5. The lowest BCUT2D eigenvalue weighted by atomic mass is 10.2. The number of benzene rings is 2. The summed E-state index contributed by atoms with van der Waals surface area (Å²) in [6, 6.07) is 16.0. The summed E-state index contributed by atoms with van der Waals surface area (Å²) >= 11 is 1.78. The quantitative estimate of drug-likeness (QED) is 0.668. The van der Waals surface area contributed by atoms with Crippen LogP contribution in [0.5, 0.6) is 0 Å². The second-order valence-corrected chi connectivity index (χ2v) is 6.13. The van der Waals surface area contributed by atoms with Crippen LogP contribution in [0.4, 0.5) is 10.1 Å². The molecule has 102 valence electrons. The Bertz CT molecular complexity index is 715. The van der Waals surface area contributed by atoms with E-state index in [1.54, 1.807) is 30.4 Å². The monoisotopic (exact) mass is 285 g/mol. The van der Waals surface area contributed by atoms with Crippen LogP contribution in [-0.2, 0) is 0 Å². The molecule has 2 aromatic carbocycles. The van der Waals surface area contributed by atoms with Crippen LogP contribution in [0.25, 0.3) is 10.1 Å². The van der Waals surface area contributed by atoms with Crippen molar-refractivity contribution in [1.82, 2.24) is 0 Å². The molecule has 0 spiro atoms. The van der Waals surface area contributed by atoms with Gasteiger partial charge < -0.3 is 5.32 Å². The average molecular weight is 285 g/mol. The van der Waals surface area contributed by atoms with Crippen molar-refractivity contribution >= 4 is 27.1 Å². The normalized spacial score (nSPS) is 12.6. The third kappa shape index (κ3) is 2.54. The Balaban J connectivity index is 1.84. The van der Waals surface area contributed by atoms with Gasteiger partial charge >= 0.3 is 0 Å². The van der Waals surface area contributed by atoms with Crippen molar-refractivity contribution in [3.05, 3.63) is 64.8 Å². The number of fused-ring (bicyclic) bond motifs is 1. The molecule has 0 aliphatic carbocycles. The number of nitrogens with one attached hydrogen (secondary N) is 1. The van der Waals surface area contributed by atoms with E-state index in [0.29, 0.717) is 5.56 Å². The summed E-state index contributed by atoms with van der Waals surface area (Å²) in [6.45, 7) is 3.87. The van der Waals surface area contributed by atoms with Crippen LogP contribution in [-0.4, -0.2) is 0 Å². The van der Waals surface area contributed by atoms with Gasteiger partial charge in [-0.2, -0.15) is 0 Å². The predicted molar refractivity (Wildman–Crippen MR) is 85.0 cm³/mol. The van der Waals surface area contributed by atoms with Crippen LogP contribution in [0.3, 0.4) is 0 Å². The summed E-state index contributed by atoms with van der Waals surface area (Å²) in [4.78, 5) is 1.26. The maximum Gasteiger partial charge on any atom is 0.128 e. The molecular formula is C17H16FNS. The van der Waals surface area contributed by atoms with Gasteiger partial charge in [-0.05, 0) is 49.1 Å². The Morgan fingerprint density at radius 2 is 1.90 bits per heavy atom. The number of anilines is 1. The van der Waals surface area contributed by atoms with E-state index >= 15 is 0 Å². The Morgan fingerprint density at radius 3 is 2.65 bits per heavy atom. The Hall–Kier alpha value is -1.87. The highest BCUT2D eigenvalue weighted by Gasteiger charge is 2.10. The molecule has 0 aliphatic rings. The van der Waals surface area contributed by atoms with Crippen LogP contribution < -0.4 is 5.32 Å². The van der Waals surface area contributed by atoms with Crippen LogP contribution in [0.15, 0.2) is 48.5 Å². The maximum atomic E-state index is 13.6. The molecule has 1 aromatic heterocycles. The Morgan fingerprint density at radius 1 is 1.10 bits per heavy atom. The molecule has 0 fully saturated rings. The van der Waals surface area contributed by atoms with Crippen LogP contribution in [0.1, 0.15) is 23.4 Å².